The number of benzene rings is 2. The van der Waals surface area contributed by atoms with Crippen molar-refractivity contribution in [3.63, 3.8) is 0 Å². The number of rotatable bonds is 3. The van der Waals surface area contributed by atoms with Gasteiger partial charge < -0.3 is 4.74 Å². The first kappa shape index (κ1) is 17.1. The van der Waals surface area contributed by atoms with Crippen LogP contribution in [-0.4, -0.2) is 32.4 Å². The summed E-state index contributed by atoms with van der Waals surface area (Å²) in [4.78, 5) is 0.396. The van der Waals surface area contributed by atoms with Gasteiger partial charge in [0.1, 0.15) is 0 Å². The summed E-state index contributed by atoms with van der Waals surface area (Å²) in [6, 6.07) is 13.5. The van der Waals surface area contributed by atoms with E-state index in [4.69, 9.17) is 4.74 Å². The standard InChI is InChI=1S/C19H23NO3S/c1-14-8-9-16(3)19(12-14)24(21,22)20-10-11-23-18(13-20)17-7-5-4-6-15(17)2/h4-9,12,18H,10-11,13H2,1-3H3. The number of ether oxygens (including phenoxy) is 1. The summed E-state index contributed by atoms with van der Waals surface area (Å²) in [5, 5.41) is 0. The molecule has 24 heavy (non-hydrogen) atoms. The monoisotopic (exact) mass is 345 g/mol. The summed E-state index contributed by atoms with van der Waals surface area (Å²) >= 11 is 0. The fourth-order valence-corrected chi connectivity index (χ4v) is 4.84. The first-order chi connectivity index (χ1) is 11.4. The number of aryl methyl sites for hydroxylation is 3. The highest BCUT2D eigenvalue weighted by Gasteiger charge is 2.32. The smallest absolute Gasteiger partial charge is 0.243 e. The molecule has 1 unspecified atom stereocenters. The Morgan fingerprint density at radius 1 is 1.04 bits per heavy atom. The highest BCUT2D eigenvalue weighted by molar-refractivity contribution is 7.89. The zero-order chi connectivity index (χ0) is 17.3. The normalized spacial score (nSPS) is 19.4. The Bertz CT molecular complexity index is 845. The van der Waals surface area contributed by atoms with E-state index < -0.39 is 10.0 Å². The van der Waals surface area contributed by atoms with Crippen LogP contribution in [0.5, 0.6) is 0 Å². The molecule has 0 spiro atoms. The molecule has 0 N–H and O–H groups in total. The molecule has 1 fully saturated rings. The van der Waals surface area contributed by atoms with E-state index >= 15 is 0 Å². The van der Waals surface area contributed by atoms with Gasteiger partial charge in [0.05, 0.1) is 17.6 Å². The predicted octanol–water partition coefficient (Wildman–Crippen LogP) is 3.37. The molecule has 3 rings (SSSR count). The molecule has 4 nitrogen and oxygen atoms in total. The van der Waals surface area contributed by atoms with Crippen molar-refractivity contribution in [1.29, 1.82) is 0 Å². The Morgan fingerprint density at radius 3 is 2.54 bits per heavy atom. The van der Waals surface area contributed by atoms with Crippen LogP contribution < -0.4 is 0 Å². The second-order valence-electron chi connectivity index (χ2n) is 6.35. The van der Waals surface area contributed by atoms with Gasteiger partial charge in [0.2, 0.25) is 10.0 Å². The molecule has 0 amide bonds. The molecule has 0 bridgehead atoms. The maximum absolute atomic E-state index is 13.1. The lowest BCUT2D eigenvalue weighted by atomic mass is 10.0. The Labute approximate surface area is 144 Å². The van der Waals surface area contributed by atoms with Crippen molar-refractivity contribution in [2.45, 2.75) is 31.8 Å². The third-order valence-corrected chi connectivity index (χ3v) is 6.53. The zero-order valence-corrected chi connectivity index (χ0v) is 15.1. The number of hydrogen-bond donors (Lipinski definition) is 0. The number of hydrogen-bond acceptors (Lipinski definition) is 3. The molecule has 128 valence electrons. The van der Waals surface area contributed by atoms with Crippen molar-refractivity contribution in [3.8, 4) is 0 Å². The van der Waals surface area contributed by atoms with Crippen molar-refractivity contribution in [1.82, 2.24) is 4.31 Å². The molecule has 1 atom stereocenters. The summed E-state index contributed by atoms with van der Waals surface area (Å²) in [6.45, 7) is 6.91. The van der Waals surface area contributed by atoms with Crippen LogP contribution in [-0.2, 0) is 14.8 Å². The van der Waals surface area contributed by atoms with E-state index in [0.29, 0.717) is 24.6 Å². The fourth-order valence-electron chi connectivity index (χ4n) is 3.10. The van der Waals surface area contributed by atoms with Crippen molar-refractivity contribution in [3.05, 3.63) is 64.7 Å². The van der Waals surface area contributed by atoms with Gasteiger partial charge in [-0.2, -0.15) is 4.31 Å². The van der Waals surface area contributed by atoms with Gasteiger partial charge in [-0.25, -0.2) is 8.42 Å². The molecule has 1 saturated heterocycles. The van der Waals surface area contributed by atoms with Crippen LogP contribution in [0.15, 0.2) is 47.4 Å². The second-order valence-corrected chi connectivity index (χ2v) is 8.25. The van der Waals surface area contributed by atoms with Crippen molar-refractivity contribution < 1.29 is 13.2 Å². The average molecular weight is 345 g/mol. The maximum Gasteiger partial charge on any atom is 0.243 e. The Morgan fingerprint density at radius 2 is 1.79 bits per heavy atom. The van der Waals surface area contributed by atoms with E-state index in [0.717, 1.165) is 22.3 Å². The van der Waals surface area contributed by atoms with Gasteiger partial charge in [0.15, 0.2) is 0 Å². The van der Waals surface area contributed by atoms with Crippen LogP contribution in [0.25, 0.3) is 0 Å². The molecule has 5 heteroatoms. The Hall–Kier alpha value is -1.69. The van der Waals surface area contributed by atoms with Gasteiger partial charge in [-0.3, -0.25) is 0 Å². The van der Waals surface area contributed by atoms with Crippen LogP contribution in [0.4, 0.5) is 0 Å². The van der Waals surface area contributed by atoms with Gasteiger partial charge in [0, 0.05) is 13.1 Å². The first-order valence-corrected chi connectivity index (χ1v) is 9.58. The summed E-state index contributed by atoms with van der Waals surface area (Å²) in [5.41, 5.74) is 3.90. The first-order valence-electron chi connectivity index (χ1n) is 8.14. The summed E-state index contributed by atoms with van der Waals surface area (Å²) in [5.74, 6) is 0. The van der Waals surface area contributed by atoms with Crippen LogP contribution >= 0.6 is 0 Å². The Kier molecular flexibility index (Phi) is 4.76. The molecule has 0 radical (unpaired) electrons. The van der Waals surface area contributed by atoms with Crippen LogP contribution in [0, 0.1) is 20.8 Å². The average Bonchev–Trinajstić information content (AvgIpc) is 2.57. The molecular formula is C19H23NO3S. The zero-order valence-electron chi connectivity index (χ0n) is 14.3. The van der Waals surface area contributed by atoms with E-state index in [1.165, 1.54) is 0 Å². The SMILES string of the molecule is Cc1ccc(C)c(S(=O)(=O)N2CCOC(c3ccccc3C)C2)c1. The van der Waals surface area contributed by atoms with Crippen molar-refractivity contribution in [2.75, 3.05) is 19.7 Å². The molecule has 1 aliphatic heterocycles. The van der Waals surface area contributed by atoms with Gasteiger partial charge in [-0.15, -0.1) is 0 Å². The molecule has 0 aromatic heterocycles. The van der Waals surface area contributed by atoms with E-state index in [1.54, 1.807) is 10.4 Å². The van der Waals surface area contributed by atoms with Crippen LogP contribution in [0.3, 0.4) is 0 Å². The lowest BCUT2D eigenvalue weighted by Gasteiger charge is -2.33. The van der Waals surface area contributed by atoms with Gasteiger partial charge in [0.25, 0.3) is 0 Å². The minimum absolute atomic E-state index is 0.222. The Balaban J connectivity index is 1.92. The van der Waals surface area contributed by atoms with E-state index in [1.807, 2.05) is 57.2 Å². The van der Waals surface area contributed by atoms with E-state index in [9.17, 15) is 8.42 Å². The summed E-state index contributed by atoms with van der Waals surface area (Å²) in [7, 11) is -3.52. The van der Waals surface area contributed by atoms with E-state index in [2.05, 4.69) is 0 Å². The van der Waals surface area contributed by atoms with Gasteiger partial charge in [-0.05, 0) is 49.1 Å². The second kappa shape index (κ2) is 6.67. The molecule has 0 aliphatic carbocycles. The topological polar surface area (TPSA) is 46.6 Å². The predicted molar refractivity (Wildman–Crippen MR) is 94.5 cm³/mol. The van der Waals surface area contributed by atoms with Crippen LogP contribution in [0.2, 0.25) is 0 Å². The minimum atomic E-state index is -3.52. The molecule has 2 aromatic rings. The van der Waals surface area contributed by atoms with Gasteiger partial charge >= 0.3 is 0 Å². The lowest BCUT2D eigenvalue weighted by molar-refractivity contribution is -0.00289. The quantitative estimate of drug-likeness (QED) is 0.857. The van der Waals surface area contributed by atoms with Crippen molar-refractivity contribution in [2.24, 2.45) is 0 Å². The number of sulfonamides is 1. The minimum Gasteiger partial charge on any atom is -0.371 e. The molecule has 0 saturated carbocycles. The maximum atomic E-state index is 13.1. The highest BCUT2D eigenvalue weighted by atomic mass is 32.2. The number of nitrogens with zero attached hydrogens (tertiary/aromatic N) is 1. The van der Waals surface area contributed by atoms with Gasteiger partial charge in [-0.1, -0.05) is 36.4 Å². The third kappa shape index (κ3) is 3.24. The third-order valence-electron chi connectivity index (χ3n) is 4.53. The molecular weight excluding hydrogens is 322 g/mol. The summed E-state index contributed by atoms with van der Waals surface area (Å²) in [6.07, 6.45) is -0.222. The molecule has 1 aliphatic rings. The largest absolute Gasteiger partial charge is 0.371 e. The lowest BCUT2D eigenvalue weighted by Crippen LogP contribution is -2.42. The number of morpholine rings is 1. The van der Waals surface area contributed by atoms with Crippen molar-refractivity contribution >= 4 is 10.0 Å². The fraction of sp³-hybridized carbons (Fsp3) is 0.368. The van der Waals surface area contributed by atoms with Crippen LogP contribution in [0.1, 0.15) is 28.4 Å². The molecule has 2 aromatic carbocycles. The highest BCUT2D eigenvalue weighted by Crippen LogP contribution is 2.29. The summed E-state index contributed by atoms with van der Waals surface area (Å²) < 4.78 is 33.6. The van der Waals surface area contributed by atoms with E-state index in [-0.39, 0.29) is 6.10 Å². The molecule has 1 heterocycles.